The molecule has 1 fully saturated rings. The molecule has 0 saturated carbocycles. The number of rotatable bonds is 6. The highest BCUT2D eigenvalue weighted by Gasteiger charge is 2.18. The molecule has 2 aromatic heterocycles. The standard InChI is InChI=1S/C29H34N4O2S/c1-21(2)18-31-13-15-32(16-14-31)26-9-5-23(6-10-26)25-17-22(3)29-30-28(20-33(29)19-25)24-7-11-27(12-8-24)36(4,34)35/h5-12,17,19-21H,13-16,18H2,1-4H3. The van der Waals surface area contributed by atoms with Gasteiger partial charge < -0.3 is 9.30 Å². The number of aromatic nitrogens is 2. The maximum atomic E-state index is 11.8. The van der Waals surface area contributed by atoms with E-state index in [-0.39, 0.29) is 0 Å². The maximum absolute atomic E-state index is 11.8. The summed E-state index contributed by atoms with van der Waals surface area (Å²) in [4.78, 5) is 10.2. The van der Waals surface area contributed by atoms with Crippen LogP contribution >= 0.6 is 0 Å². The van der Waals surface area contributed by atoms with Gasteiger partial charge in [-0.1, -0.05) is 38.1 Å². The lowest BCUT2D eigenvalue weighted by molar-refractivity contribution is 0.231. The Labute approximate surface area is 214 Å². The minimum atomic E-state index is -3.22. The Hall–Kier alpha value is -3.16. The lowest BCUT2D eigenvalue weighted by atomic mass is 10.1. The zero-order chi connectivity index (χ0) is 25.4. The summed E-state index contributed by atoms with van der Waals surface area (Å²) in [6.07, 6.45) is 5.34. The summed E-state index contributed by atoms with van der Waals surface area (Å²) in [6, 6.07) is 18.0. The zero-order valence-electron chi connectivity index (χ0n) is 21.5. The van der Waals surface area contributed by atoms with Gasteiger partial charge in [-0.05, 0) is 59.9 Å². The fourth-order valence-electron chi connectivity index (χ4n) is 5.01. The van der Waals surface area contributed by atoms with Crippen molar-refractivity contribution in [1.29, 1.82) is 0 Å². The number of aryl methyl sites for hydroxylation is 1. The number of anilines is 1. The lowest BCUT2D eigenvalue weighted by Crippen LogP contribution is -2.47. The predicted octanol–water partition coefficient (Wildman–Crippen LogP) is 5.16. The van der Waals surface area contributed by atoms with Crippen LogP contribution in [0, 0.1) is 12.8 Å². The minimum Gasteiger partial charge on any atom is -0.369 e. The number of piperazine rings is 1. The number of benzene rings is 2. The third-order valence-corrected chi connectivity index (χ3v) is 8.00. The molecule has 0 amide bonds. The summed E-state index contributed by atoms with van der Waals surface area (Å²) in [5, 5.41) is 0. The largest absolute Gasteiger partial charge is 0.369 e. The lowest BCUT2D eigenvalue weighted by Gasteiger charge is -2.36. The summed E-state index contributed by atoms with van der Waals surface area (Å²) in [6.45, 7) is 12.2. The SMILES string of the molecule is Cc1cc(-c2ccc(N3CCN(CC(C)C)CC3)cc2)cn2cc(-c3ccc(S(C)(=O)=O)cc3)nc12. The Morgan fingerprint density at radius 1 is 0.861 bits per heavy atom. The molecule has 5 rings (SSSR count). The van der Waals surface area contributed by atoms with E-state index >= 15 is 0 Å². The zero-order valence-corrected chi connectivity index (χ0v) is 22.3. The number of nitrogens with zero attached hydrogens (tertiary/aromatic N) is 4. The van der Waals surface area contributed by atoms with E-state index in [4.69, 9.17) is 4.98 Å². The molecule has 7 heteroatoms. The fourth-order valence-corrected chi connectivity index (χ4v) is 5.64. The van der Waals surface area contributed by atoms with Crippen molar-refractivity contribution < 1.29 is 8.42 Å². The highest BCUT2D eigenvalue weighted by Crippen LogP contribution is 2.28. The van der Waals surface area contributed by atoms with E-state index in [0.717, 1.165) is 54.2 Å². The molecule has 0 N–H and O–H groups in total. The predicted molar refractivity (Wildman–Crippen MR) is 147 cm³/mol. The van der Waals surface area contributed by atoms with E-state index in [2.05, 4.69) is 71.5 Å². The van der Waals surface area contributed by atoms with Crippen LogP contribution in [-0.2, 0) is 9.84 Å². The molecule has 1 saturated heterocycles. The molecule has 1 aliphatic rings. The molecule has 6 nitrogen and oxygen atoms in total. The molecule has 1 aliphatic heterocycles. The monoisotopic (exact) mass is 502 g/mol. The van der Waals surface area contributed by atoms with Crippen LogP contribution < -0.4 is 4.90 Å². The Bertz CT molecular complexity index is 1460. The average molecular weight is 503 g/mol. The molecule has 0 radical (unpaired) electrons. The second-order valence-electron chi connectivity index (χ2n) is 10.3. The summed E-state index contributed by atoms with van der Waals surface area (Å²) in [5.41, 5.74) is 7.31. The fraction of sp³-hybridized carbons (Fsp3) is 0.345. The number of sulfone groups is 1. The third kappa shape index (κ3) is 5.18. The van der Waals surface area contributed by atoms with Crippen LogP contribution in [0.1, 0.15) is 19.4 Å². The van der Waals surface area contributed by atoms with Gasteiger partial charge in [-0.2, -0.15) is 0 Å². The van der Waals surface area contributed by atoms with E-state index in [1.54, 1.807) is 12.1 Å². The first kappa shape index (κ1) is 24.5. The van der Waals surface area contributed by atoms with Gasteiger partial charge in [0.1, 0.15) is 5.65 Å². The molecule has 0 atom stereocenters. The van der Waals surface area contributed by atoms with Crippen molar-refractivity contribution in [2.45, 2.75) is 25.7 Å². The molecule has 36 heavy (non-hydrogen) atoms. The van der Waals surface area contributed by atoms with Gasteiger partial charge in [0.25, 0.3) is 0 Å². The first-order valence-electron chi connectivity index (χ1n) is 12.5. The number of hydrogen-bond donors (Lipinski definition) is 0. The Morgan fingerprint density at radius 2 is 1.50 bits per heavy atom. The average Bonchev–Trinajstić information content (AvgIpc) is 3.29. The molecule has 0 bridgehead atoms. The van der Waals surface area contributed by atoms with Crippen molar-refractivity contribution in [3.05, 3.63) is 72.6 Å². The quantitative estimate of drug-likeness (QED) is 0.365. The highest BCUT2D eigenvalue weighted by atomic mass is 32.2. The van der Waals surface area contributed by atoms with Crippen molar-refractivity contribution in [1.82, 2.24) is 14.3 Å². The topological polar surface area (TPSA) is 57.9 Å². The smallest absolute Gasteiger partial charge is 0.175 e. The van der Waals surface area contributed by atoms with Crippen LogP contribution in [0.3, 0.4) is 0 Å². The van der Waals surface area contributed by atoms with Gasteiger partial charge in [-0.3, -0.25) is 4.90 Å². The van der Waals surface area contributed by atoms with E-state index in [9.17, 15) is 8.42 Å². The van der Waals surface area contributed by atoms with Crippen LogP contribution in [0.4, 0.5) is 5.69 Å². The molecule has 2 aromatic carbocycles. The normalized spacial score (nSPS) is 15.2. The Kier molecular flexibility index (Phi) is 6.62. The number of pyridine rings is 1. The second kappa shape index (κ2) is 9.71. The van der Waals surface area contributed by atoms with Crippen LogP contribution in [0.2, 0.25) is 0 Å². The molecular weight excluding hydrogens is 468 g/mol. The first-order chi connectivity index (χ1) is 17.2. The van der Waals surface area contributed by atoms with Gasteiger partial charge in [0.2, 0.25) is 0 Å². The van der Waals surface area contributed by atoms with Crippen molar-refractivity contribution in [3.63, 3.8) is 0 Å². The number of fused-ring (bicyclic) bond motifs is 1. The number of imidazole rings is 1. The van der Waals surface area contributed by atoms with Crippen LogP contribution in [0.25, 0.3) is 28.0 Å². The Morgan fingerprint density at radius 3 is 2.11 bits per heavy atom. The maximum Gasteiger partial charge on any atom is 0.175 e. The van der Waals surface area contributed by atoms with E-state index in [1.807, 2.05) is 18.3 Å². The number of hydrogen-bond acceptors (Lipinski definition) is 5. The summed E-state index contributed by atoms with van der Waals surface area (Å²) < 4.78 is 25.6. The van der Waals surface area contributed by atoms with Crippen molar-refractivity contribution in [2.75, 3.05) is 43.9 Å². The molecule has 0 spiro atoms. The molecule has 4 aromatic rings. The second-order valence-corrected chi connectivity index (χ2v) is 12.3. The van der Waals surface area contributed by atoms with Crippen LogP contribution in [-0.4, -0.2) is 61.7 Å². The van der Waals surface area contributed by atoms with Crippen molar-refractivity contribution in [3.8, 4) is 22.4 Å². The Balaban J connectivity index is 1.35. The summed E-state index contributed by atoms with van der Waals surface area (Å²) >= 11 is 0. The molecule has 3 heterocycles. The van der Waals surface area contributed by atoms with Gasteiger partial charge in [-0.25, -0.2) is 13.4 Å². The highest BCUT2D eigenvalue weighted by molar-refractivity contribution is 7.90. The van der Waals surface area contributed by atoms with Gasteiger partial charge >= 0.3 is 0 Å². The summed E-state index contributed by atoms with van der Waals surface area (Å²) in [7, 11) is -3.22. The summed E-state index contributed by atoms with van der Waals surface area (Å²) in [5.74, 6) is 0.712. The van der Waals surface area contributed by atoms with E-state index in [1.165, 1.54) is 24.1 Å². The van der Waals surface area contributed by atoms with Crippen LogP contribution in [0.5, 0.6) is 0 Å². The van der Waals surface area contributed by atoms with Gasteiger partial charge in [0.05, 0.1) is 10.6 Å². The van der Waals surface area contributed by atoms with Gasteiger partial charge in [0, 0.05) is 62.6 Å². The van der Waals surface area contributed by atoms with E-state index < -0.39 is 9.84 Å². The molecule has 188 valence electrons. The van der Waals surface area contributed by atoms with Gasteiger partial charge in [0.15, 0.2) is 9.84 Å². The minimum absolute atomic E-state index is 0.314. The molecule has 0 unspecified atom stereocenters. The van der Waals surface area contributed by atoms with Crippen molar-refractivity contribution >= 4 is 21.2 Å². The van der Waals surface area contributed by atoms with Crippen molar-refractivity contribution in [2.24, 2.45) is 5.92 Å². The molecule has 0 aliphatic carbocycles. The van der Waals surface area contributed by atoms with Gasteiger partial charge in [-0.15, -0.1) is 0 Å². The van der Waals surface area contributed by atoms with Crippen LogP contribution in [0.15, 0.2) is 71.9 Å². The van der Waals surface area contributed by atoms with E-state index in [0.29, 0.717) is 10.8 Å². The first-order valence-corrected chi connectivity index (χ1v) is 14.4. The molecular formula is C29H34N4O2S. The third-order valence-electron chi connectivity index (χ3n) is 6.87.